The van der Waals surface area contributed by atoms with Crippen molar-refractivity contribution in [1.29, 1.82) is 0 Å². The van der Waals surface area contributed by atoms with Gasteiger partial charge in [-0.1, -0.05) is 36.4 Å². The molecule has 2 aromatic carbocycles. The molecular weight excluding hydrogens is 236 g/mol. The Labute approximate surface area is 112 Å². The fraction of sp³-hybridized carbons (Fsp3) is 0.188. The fourth-order valence-corrected chi connectivity index (χ4v) is 2.62. The lowest BCUT2D eigenvalue weighted by atomic mass is 9.77. The maximum Gasteiger partial charge on any atom is 0.234 e. The van der Waals surface area contributed by atoms with E-state index in [-0.39, 0.29) is 11.8 Å². The Morgan fingerprint density at radius 2 is 1.84 bits per heavy atom. The number of nitrogen functional groups attached to an aromatic ring is 1. The lowest BCUT2D eigenvalue weighted by Crippen LogP contribution is -2.37. The Kier molecular flexibility index (Phi) is 2.75. The number of amides is 1. The second-order valence-corrected chi connectivity index (χ2v) is 4.91. The summed E-state index contributed by atoms with van der Waals surface area (Å²) < 4.78 is 0. The normalized spacial score (nSPS) is 16.4. The van der Waals surface area contributed by atoms with E-state index < -0.39 is 0 Å². The number of benzene rings is 2. The summed E-state index contributed by atoms with van der Waals surface area (Å²) in [5.41, 5.74) is 9.75. The molecule has 0 heterocycles. The van der Waals surface area contributed by atoms with Gasteiger partial charge in [0.1, 0.15) is 0 Å². The molecule has 0 saturated carbocycles. The van der Waals surface area contributed by atoms with Crippen LogP contribution in [-0.2, 0) is 11.2 Å². The number of rotatable bonds is 2. The van der Waals surface area contributed by atoms with Crippen LogP contribution in [0.5, 0.6) is 0 Å². The highest BCUT2D eigenvalue weighted by Gasteiger charge is 2.34. The molecule has 1 atom stereocenters. The maximum absolute atomic E-state index is 12.5. The molecule has 2 N–H and O–H groups in total. The van der Waals surface area contributed by atoms with E-state index >= 15 is 0 Å². The highest BCUT2D eigenvalue weighted by molar-refractivity contribution is 6.01. The van der Waals surface area contributed by atoms with Gasteiger partial charge in [-0.05, 0) is 29.7 Å². The lowest BCUT2D eigenvalue weighted by Gasteiger charge is -2.32. The number of carbonyl (C=O) groups excluding carboxylic acids is 1. The minimum atomic E-state index is -0.0270. The number of hydrogen-bond donors (Lipinski definition) is 1. The van der Waals surface area contributed by atoms with Crippen LogP contribution < -0.4 is 10.6 Å². The Morgan fingerprint density at radius 1 is 1.16 bits per heavy atom. The van der Waals surface area contributed by atoms with Crippen LogP contribution in [0, 0.1) is 0 Å². The summed E-state index contributed by atoms with van der Waals surface area (Å²) in [5.74, 6) is 0.0809. The standard InChI is InChI=1S/C16H16N2O/c1-18(15-9-5-4-8-14(15)17)16(19)13-10-11-6-2-3-7-12(11)13/h2-9,13H,10,17H2,1H3. The van der Waals surface area contributed by atoms with E-state index in [4.69, 9.17) is 5.73 Å². The van der Waals surface area contributed by atoms with Crippen molar-refractivity contribution < 1.29 is 4.79 Å². The van der Waals surface area contributed by atoms with E-state index in [2.05, 4.69) is 6.07 Å². The van der Waals surface area contributed by atoms with Crippen molar-refractivity contribution in [2.24, 2.45) is 0 Å². The number of nitrogens with zero attached hydrogens (tertiary/aromatic N) is 1. The molecule has 1 aliphatic rings. The van der Waals surface area contributed by atoms with Gasteiger partial charge in [0.05, 0.1) is 17.3 Å². The molecular formula is C16H16N2O. The van der Waals surface area contributed by atoms with Gasteiger partial charge >= 0.3 is 0 Å². The van der Waals surface area contributed by atoms with E-state index in [0.29, 0.717) is 5.69 Å². The average Bonchev–Trinajstić information content (AvgIpc) is 2.40. The topological polar surface area (TPSA) is 46.3 Å². The summed E-state index contributed by atoms with van der Waals surface area (Å²) in [6.07, 6.45) is 0.825. The predicted octanol–water partition coefficient (Wildman–Crippen LogP) is 2.57. The summed E-state index contributed by atoms with van der Waals surface area (Å²) in [5, 5.41) is 0. The van der Waals surface area contributed by atoms with Gasteiger partial charge in [0.25, 0.3) is 0 Å². The maximum atomic E-state index is 12.5. The minimum absolute atomic E-state index is 0.0270. The van der Waals surface area contributed by atoms with Crippen LogP contribution in [0.4, 0.5) is 11.4 Å². The van der Waals surface area contributed by atoms with Crippen molar-refractivity contribution in [3.05, 3.63) is 59.7 Å². The molecule has 0 aromatic heterocycles. The van der Waals surface area contributed by atoms with Gasteiger partial charge in [-0.3, -0.25) is 4.79 Å². The SMILES string of the molecule is CN(C(=O)C1Cc2ccccc21)c1ccccc1N. The molecule has 96 valence electrons. The van der Waals surface area contributed by atoms with Gasteiger partial charge in [0.15, 0.2) is 0 Å². The van der Waals surface area contributed by atoms with Gasteiger partial charge in [-0.2, -0.15) is 0 Å². The van der Waals surface area contributed by atoms with E-state index in [1.54, 1.807) is 11.9 Å². The fourth-order valence-electron chi connectivity index (χ4n) is 2.62. The third kappa shape index (κ3) is 1.87. The molecule has 0 aliphatic heterocycles. The Balaban J connectivity index is 1.85. The quantitative estimate of drug-likeness (QED) is 0.835. The third-order valence-corrected chi connectivity index (χ3v) is 3.78. The van der Waals surface area contributed by atoms with Crippen molar-refractivity contribution in [3.63, 3.8) is 0 Å². The molecule has 3 nitrogen and oxygen atoms in total. The molecule has 0 fully saturated rings. The van der Waals surface area contributed by atoms with Crippen LogP contribution in [0.3, 0.4) is 0 Å². The zero-order chi connectivity index (χ0) is 13.4. The molecule has 1 unspecified atom stereocenters. The van der Waals surface area contributed by atoms with Gasteiger partial charge in [-0.25, -0.2) is 0 Å². The largest absolute Gasteiger partial charge is 0.397 e. The molecule has 3 heteroatoms. The number of carbonyl (C=O) groups is 1. The van der Waals surface area contributed by atoms with E-state index in [0.717, 1.165) is 17.7 Å². The van der Waals surface area contributed by atoms with Gasteiger partial charge < -0.3 is 10.6 Å². The van der Waals surface area contributed by atoms with Crippen LogP contribution in [0.15, 0.2) is 48.5 Å². The first kappa shape index (κ1) is 11.8. The first-order valence-electron chi connectivity index (χ1n) is 6.38. The first-order valence-corrected chi connectivity index (χ1v) is 6.38. The summed E-state index contributed by atoms with van der Waals surface area (Å²) in [6.45, 7) is 0. The predicted molar refractivity (Wildman–Crippen MR) is 77.2 cm³/mol. The summed E-state index contributed by atoms with van der Waals surface area (Å²) in [4.78, 5) is 14.2. The van der Waals surface area contributed by atoms with Crippen molar-refractivity contribution in [3.8, 4) is 0 Å². The van der Waals surface area contributed by atoms with E-state index in [9.17, 15) is 4.79 Å². The zero-order valence-corrected chi connectivity index (χ0v) is 10.8. The number of para-hydroxylation sites is 2. The van der Waals surface area contributed by atoms with Crippen LogP contribution in [-0.4, -0.2) is 13.0 Å². The highest BCUT2D eigenvalue weighted by atomic mass is 16.2. The molecule has 2 aromatic rings. The summed E-state index contributed by atoms with van der Waals surface area (Å²) in [7, 11) is 1.79. The van der Waals surface area contributed by atoms with E-state index in [1.165, 1.54) is 5.56 Å². The van der Waals surface area contributed by atoms with Crippen molar-refractivity contribution in [2.45, 2.75) is 12.3 Å². The Bertz CT molecular complexity index is 636. The van der Waals surface area contributed by atoms with Crippen molar-refractivity contribution >= 4 is 17.3 Å². The smallest absolute Gasteiger partial charge is 0.234 e. The zero-order valence-electron chi connectivity index (χ0n) is 10.8. The number of fused-ring (bicyclic) bond motifs is 1. The minimum Gasteiger partial charge on any atom is -0.397 e. The molecule has 0 bridgehead atoms. The molecule has 0 radical (unpaired) electrons. The third-order valence-electron chi connectivity index (χ3n) is 3.78. The molecule has 0 saturated heterocycles. The molecule has 0 spiro atoms. The molecule has 1 amide bonds. The van der Waals surface area contributed by atoms with Gasteiger partial charge in [0.2, 0.25) is 5.91 Å². The van der Waals surface area contributed by atoms with Crippen LogP contribution in [0.25, 0.3) is 0 Å². The van der Waals surface area contributed by atoms with Crippen LogP contribution >= 0.6 is 0 Å². The number of nitrogens with two attached hydrogens (primary N) is 1. The van der Waals surface area contributed by atoms with Crippen LogP contribution in [0.2, 0.25) is 0 Å². The average molecular weight is 252 g/mol. The van der Waals surface area contributed by atoms with Gasteiger partial charge in [-0.15, -0.1) is 0 Å². The summed E-state index contributed by atoms with van der Waals surface area (Å²) in [6, 6.07) is 15.6. The Morgan fingerprint density at radius 3 is 2.58 bits per heavy atom. The molecule has 19 heavy (non-hydrogen) atoms. The monoisotopic (exact) mass is 252 g/mol. The molecule has 1 aliphatic carbocycles. The van der Waals surface area contributed by atoms with E-state index in [1.807, 2.05) is 42.5 Å². The first-order chi connectivity index (χ1) is 9.18. The molecule has 3 rings (SSSR count). The second-order valence-electron chi connectivity index (χ2n) is 4.91. The number of hydrogen-bond acceptors (Lipinski definition) is 2. The van der Waals surface area contributed by atoms with Crippen molar-refractivity contribution in [1.82, 2.24) is 0 Å². The van der Waals surface area contributed by atoms with Crippen LogP contribution in [0.1, 0.15) is 17.0 Å². The Hall–Kier alpha value is -2.29. The lowest BCUT2D eigenvalue weighted by molar-refractivity contribution is -0.120. The number of likely N-dealkylation sites (N-methyl/N-ethyl adjacent to an activating group) is 1. The number of anilines is 2. The highest BCUT2D eigenvalue weighted by Crippen LogP contribution is 2.37. The van der Waals surface area contributed by atoms with Crippen molar-refractivity contribution in [2.75, 3.05) is 17.7 Å². The summed E-state index contributed by atoms with van der Waals surface area (Å²) >= 11 is 0. The second kappa shape index (κ2) is 4.43. The van der Waals surface area contributed by atoms with Gasteiger partial charge in [0, 0.05) is 7.05 Å².